The molecule has 1 saturated carbocycles. The smallest absolute Gasteiger partial charge is 0.308 e. The minimum Gasteiger partial charge on any atom is -0.481 e. The number of H-pyrrole nitrogens is 1. The summed E-state index contributed by atoms with van der Waals surface area (Å²) in [6, 6.07) is 0. The van der Waals surface area contributed by atoms with Gasteiger partial charge in [0.15, 0.2) is 0 Å². The third-order valence-electron chi connectivity index (χ3n) is 7.24. The Balaban J connectivity index is 1.36. The van der Waals surface area contributed by atoms with Crippen LogP contribution in [0.2, 0.25) is 0 Å². The van der Waals surface area contributed by atoms with Gasteiger partial charge in [0.05, 0.1) is 12.5 Å². The number of carboxylic acid groups (broad SMARTS) is 1. The monoisotopic (exact) mass is 374 g/mol. The summed E-state index contributed by atoms with van der Waals surface area (Å²) >= 11 is 0. The molecule has 1 aliphatic carbocycles. The van der Waals surface area contributed by atoms with Crippen molar-refractivity contribution in [2.75, 3.05) is 32.7 Å². The quantitative estimate of drug-likeness (QED) is 0.829. The number of imidazole rings is 1. The largest absolute Gasteiger partial charge is 0.481 e. The topological polar surface area (TPSA) is 72.5 Å². The Morgan fingerprint density at radius 3 is 2.63 bits per heavy atom. The first-order valence-corrected chi connectivity index (χ1v) is 10.7. The fraction of sp³-hybridized carbons (Fsp3) is 0.810. The molecule has 3 aliphatic rings. The molecule has 2 aliphatic heterocycles. The van der Waals surface area contributed by atoms with E-state index in [0.29, 0.717) is 6.54 Å². The molecule has 3 heterocycles. The van der Waals surface area contributed by atoms with Gasteiger partial charge in [0.25, 0.3) is 0 Å². The number of rotatable bonds is 5. The van der Waals surface area contributed by atoms with Crippen LogP contribution >= 0.6 is 0 Å². The molecule has 1 spiro atoms. The lowest BCUT2D eigenvalue weighted by atomic mass is 9.70. The number of aryl methyl sites for hydroxylation is 1. The van der Waals surface area contributed by atoms with Crippen LogP contribution in [0.3, 0.4) is 0 Å². The third kappa shape index (κ3) is 4.21. The lowest BCUT2D eigenvalue weighted by Crippen LogP contribution is -2.47. The van der Waals surface area contributed by atoms with Gasteiger partial charge in [-0.1, -0.05) is 19.3 Å². The molecule has 0 amide bonds. The summed E-state index contributed by atoms with van der Waals surface area (Å²) in [5.74, 6) is 0.952. The van der Waals surface area contributed by atoms with Crippen molar-refractivity contribution in [3.63, 3.8) is 0 Å². The van der Waals surface area contributed by atoms with E-state index in [4.69, 9.17) is 0 Å². The molecule has 0 aromatic carbocycles. The van der Waals surface area contributed by atoms with Crippen LogP contribution in [0.15, 0.2) is 6.20 Å². The van der Waals surface area contributed by atoms with Crippen molar-refractivity contribution in [3.8, 4) is 0 Å². The predicted molar refractivity (Wildman–Crippen MR) is 104 cm³/mol. The number of aromatic amines is 1. The molecular formula is C21H34N4O2. The molecule has 6 nitrogen and oxygen atoms in total. The van der Waals surface area contributed by atoms with Crippen LogP contribution in [0, 0.1) is 24.2 Å². The first-order valence-electron chi connectivity index (χ1n) is 10.7. The second kappa shape index (κ2) is 7.92. The summed E-state index contributed by atoms with van der Waals surface area (Å²) in [4.78, 5) is 24.6. The first kappa shape index (κ1) is 18.9. The predicted octanol–water partition coefficient (Wildman–Crippen LogP) is 2.90. The molecule has 150 valence electrons. The van der Waals surface area contributed by atoms with Crippen molar-refractivity contribution in [2.45, 2.75) is 58.4 Å². The van der Waals surface area contributed by atoms with Crippen LogP contribution in [0.5, 0.6) is 0 Å². The molecule has 3 fully saturated rings. The maximum Gasteiger partial charge on any atom is 0.308 e. The van der Waals surface area contributed by atoms with Gasteiger partial charge < -0.3 is 15.0 Å². The number of carbonyl (C=O) groups is 1. The van der Waals surface area contributed by atoms with Gasteiger partial charge in [-0.3, -0.25) is 9.69 Å². The number of aromatic nitrogens is 2. The summed E-state index contributed by atoms with van der Waals surface area (Å²) in [5.41, 5.74) is 1.00. The minimum atomic E-state index is -0.617. The van der Waals surface area contributed by atoms with Crippen LogP contribution in [0.1, 0.15) is 56.5 Å². The van der Waals surface area contributed by atoms with E-state index < -0.39 is 5.97 Å². The summed E-state index contributed by atoms with van der Waals surface area (Å²) in [6.45, 7) is 7.62. The normalized spacial score (nSPS) is 27.4. The summed E-state index contributed by atoms with van der Waals surface area (Å²) in [7, 11) is 0. The summed E-state index contributed by atoms with van der Waals surface area (Å²) < 4.78 is 0. The molecule has 0 radical (unpaired) electrons. The molecule has 0 bridgehead atoms. The fourth-order valence-corrected chi connectivity index (χ4v) is 5.71. The average Bonchev–Trinajstić information content (AvgIpc) is 3.22. The Morgan fingerprint density at radius 1 is 1.26 bits per heavy atom. The Hall–Kier alpha value is -1.40. The molecule has 4 rings (SSSR count). The molecular weight excluding hydrogens is 340 g/mol. The zero-order valence-corrected chi connectivity index (χ0v) is 16.6. The number of piperidine rings is 1. The fourth-order valence-electron chi connectivity index (χ4n) is 5.71. The van der Waals surface area contributed by atoms with E-state index in [1.165, 1.54) is 38.6 Å². The summed E-state index contributed by atoms with van der Waals surface area (Å²) in [5, 5.41) is 9.88. The Labute approximate surface area is 162 Å². The zero-order chi connectivity index (χ0) is 18.9. The molecule has 6 heteroatoms. The number of nitrogens with one attached hydrogen (secondary N) is 1. The highest BCUT2D eigenvalue weighted by atomic mass is 16.4. The Kier molecular flexibility index (Phi) is 5.55. The van der Waals surface area contributed by atoms with E-state index in [-0.39, 0.29) is 11.3 Å². The van der Waals surface area contributed by atoms with E-state index in [1.54, 1.807) is 0 Å². The molecule has 1 atom stereocenters. The van der Waals surface area contributed by atoms with Gasteiger partial charge in [-0.05, 0) is 51.6 Å². The minimum absolute atomic E-state index is 0.0590. The van der Waals surface area contributed by atoms with Gasteiger partial charge in [-0.15, -0.1) is 0 Å². The van der Waals surface area contributed by atoms with E-state index >= 15 is 0 Å². The van der Waals surface area contributed by atoms with Crippen molar-refractivity contribution >= 4 is 5.97 Å². The maximum absolute atomic E-state index is 12.0. The lowest BCUT2D eigenvalue weighted by molar-refractivity contribution is -0.146. The highest BCUT2D eigenvalue weighted by Gasteiger charge is 2.51. The second-order valence-corrected chi connectivity index (χ2v) is 9.24. The van der Waals surface area contributed by atoms with Crippen LogP contribution in [-0.4, -0.2) is 63.6 Å². The zero-order valence-electron chi connectivity index (χ0n) is 16.6. The number of carboxylic acids is 1. The van der Waals surface area contributed by atoms with E-state index in [1.807, 2.05) is 13.1 Å². The van der Waals surface area contributed by atoms with Crippen molar-refractivity contribution in [1.29, 1.82) is 0 Å². The molecule has 1 aromatic heterocycles. The van der Waals surface area contributed by atoms with Crippen molar-refractivity contribution < 1.29 is 9.90 Å². The number of aliphatic carboxylic acids is 1. The van der Waals surface area contributed by atoms with Crippen molar-refractivity contribution in [3.05, 3.63) is 17.7 Å². The summed E-state index contributed by atoms with van der Waals surface area (Å²) in [6.07, 6.45) is 10.8. The highest BCUT2D eigenvalue weighted by Crippen LogP contribution is 2.45. The highest BCUT2D eigenvalue weighted by molar-refractivity contribution is 5.72. The van der Waals surface area contributed by atoms with Crippen LogP contribution < -0.4 is 0 Å². The van der Waals surface area contributed by atoms with Gasteiger partial charge in [-0.25, -0.2) is 4.98 Å². The Morgan fingerprint density at radius 2 is 2.00 bits per heavy atom. The van der Waals surface area contributed by atoms with Crippen LogP contribution in [0.25, 0.3) is 0 Å². The number of hydrogen-bond donors (Lipinski definition) is 2. The third-order valence-corrected chi connectivity index (χ3v) is 7.24. The van der Waals surface area contributed by atoms with Gasteiger partial charge in [0, 0.05) is 36.9 Å². The van der Waals surface area contributed by atoms with Gasteiger partial charge in [-0.2, -0.15) is 0 Å². The molecule has 27 heavy (non-hydrogen) atoms. The number of likely N-dealkylation sites (tertiary alicyclic amines) is 2. The Bertz CT molecular complexity index is 644. The number of hydrogen-bond acceptors (Lipinski definition) is 4. The van der Waals surface area contributed by atoms with E-state index in [2.05, 4.69) is 19.8 Å². The average molecular weight is 375 g/mol. The van der Waals surface area contributed by atoms with Crippen LogP contribution in [0.4, 0.5) is 0 Å². The number of nitrogens with zero attached hydrogens (tertiary/aromatic N) is 3. The second-order valence-electron chi connectivity index (χ2n) is 9.24. The van der Waals surface area contributed by atoms with E-state index in [0.717, 1.165) is 56.5 Å². The maximum atomic E-state index is 12.0. The first-order chi connectivity index (χ1) is 13.0. The standard InChI is InChI=1S/C21H34N4O2/c1-16-11-22-19(23-16)14-25-13-18(20(26)27)21(15-25)7-9-24(10-8-21)12-17-5-3-2-4-6-17/h11,17-18H,2-10,12-15H2,1H3,(H,22,23)(H,26,27). The van der Waals surface area contributed by atoms with Crippen molar-refractivity contribution in [2.24, 2.45) is 17.3 Å². The SMILES string of the molecule is Cc1cnc(CN2CC(C(=O)O)C3(CCN(CC4CCCCC4)CC3)C2)[nH]1. The van der Waals surface area contributed by atoms with Crippen molar-refractivity contribution in [1.82, 2.24) is 19.8 Å². The molecule has 1 aromatic rings. The molecule has 1 unspecified atom stereocenters. The van der Waals surface area contributed by atoms with E-state index in [9.17, 15) is 9.90 Å². The van der Waals surface area contributed by atoms with Gasteiger partial charge >= 0.3 is 5.97 Å². The molecule has 2 N–H and O–H groups in total. The lowest BCUT2D eigenvalue weighted by Gasteiger charge is -2.42. The molecule has 2 saturated heterocycles. The van der Waals surface area contributed by atoms with Gasteiger partial charge in [0.1, 0.15) is 5.82 Å². The van der Waals surface area contributed by atoms with Gasteiger partial charge in [0.2, 0.25) is 0 Å². The van der Waals surface area contributed by atoms with Crippen LogP contribution in [-0.2, 0) is 11.3 Å².